The van der Waals surface area contributed by atoms with E-state index in [9.17, 15) is 18.0 Å². The normalized spacial score (nSPS) is 12.4. The number of nitrogens with one attached hydrogen (secondary N) is 1. The van der Waals surface area contributed by atoms with E-state index in [0.29, 0.717) is 26.9 Å². The molecule has 180 valence electrons. The highest BCUT2D eigenvalue weighted by atomic mass is 35.5. The maximum atomic E-state index is 13.5. The third kappa shape index (κ3) is 7.62. The van der Waals surface area contributed by atoms with Gasteiger partial charge in [0.15, 0.2) is 0 Å². The lowest BCUT2D eigenvalue weighted by Crippen LogP contribution is -2.52. The number of hydrogen-bond acceptors (Lipinski definition) is 4. The van der Waals surface area contributed by atoms with Gasteiger partial charge in [0.2, 0.25) is 21.8 Å². The van der Waals surface area contributed by atoms with E-state index in [0.717, 1.165) is 10.6 Å². The SMILES string of the molecule is Cc1ccc(Cl)cc1N(CC(=O)N(Cc1cccc(Cl)c1)[C@H](C)C(=O)NC(C)C)S(C)(=O)=O. The molecule has 0 spiro atoms. The Bertz CT molecular complexity index is 1120. The summed E-state index contributed by atoms with van der Waals surface area (Å²) in [5.41, 5.74) is 1.66. The van der Waals surface area contributed by atoms with Crippen LogP contribution < -0.4 is 9.62 Å². The van der Waals surface area contributed by atoms with Gasteiger partial charge in [-0.3, -0.25) is 13.9 Å². The first-order valence-corrected chi connectivity index (χ1v) is 13.0. The zero-order chi connectivity index (χ0) is 24.9. The van der Waals surface area contributed by atoms with Crippen LogP contribution in [0.25, 0.3) is 0 Å². The summed E-state index contributed by atoms with van der Waals surface area (Å²) in [6.45, 7) is 6.58. The molecule has 0 aliphatic heterocycles. The van der Waals surface area contributed by atoms with Crippen molar-refractivity contribution in [2.75, 3.05) is 17.1 Å². The fourth-order valence-electron chi connectivity index (χ4n) is 3.27. The summed E-state index contributed by atoms with van der Waals surface area (Å²) < 4.78 is 26.3. The second-order valence-corrected chi connectivity index (χ2v) is 11.0. The van der Waals surface area contributed by atoms with Crippen molar-refractivity contribution in [2.24, 2.45) is 0 Å². The fourth-order valence-corrected chi connectivity index (χ4v) is 4.54. The molecule has 1 atom stereocenters. The number of carbonyl (C=O) groups excluding carboxylic acids is 2. The van der Waals surface area contributed by atoms with Gasteiger partial charge < -0.3 is 10.2 Å². The molecule has 10 heteroatoms. The maximum Gasteiger partial charge on any atom is 0.244 e. The van der Waals surface area contributed by atoms with Crippen LogP contribution in [0.5, 0.6) is 0 Å². The quantitative estimate of drug-likeness (QED) is 0.548. The van der Waals surface area contributed by atoms with Crippen LogP contribution in [0.2, 0.25) is 10.0 Å². The van der Waals surface area contributed by atoms with Crippen LogP contribution in [0, 0.1) is 6.92 Å². The van der Waals surface area contributed by atoms with Gasteiger partial charge in [0.25, 0.3) is 0 Å². The number of sulfonamides is 1. The Morgan fingerprint density at radius 2 is 1.67 bits per heavy atom. The number of rotatable bonds is 9. The average molecular weight is 514 g/mol. The van der Waals surface area contributed by atoms with Gasteiger partial charge in [-0.05, 0) is 63.1 Å². The van der Waals surface area contributed by atoms with Crippen molar-refractivity contribution in [3.05, 3.63) is 63.6 Å². The molecule has 0 saturated carbocycles. The molecule has 0 aromatic heterocycles. The van der Waals surface area contributed by atoms with E-state index >= 15 is 0 Å². The van der Waals surface area contributed by atoms with Crippen molar-refractivity contribution in [2.45, 2.75) is 46.3 Å². The molecule has 0 bridgehead atoms. The summed E-state index contributed by atoms with van der Waals surface area (Å²) in [6.07, 6.45) is 1.02. The highest BCUT2D eigenvalue weighted by Gasteiger charge is 2.30. The molecule has 2 aromatic carbocycles. The second-order valence-electron chi connectivity index (χ2n) is 8.19. The first kappa shape index (κ1) is 27.0. The van der Waals surface area contributed by atoms with E-state index in [-0.39, 0.29) is 18.5 Å². The van der Waals surface area contributed by atoms with Gasteiger partial charge in [-0.25, -0.2) is 8.42 Å². The van der Waals surface area contributed by atoms with Crippen molar-refractivity contribution in [1.29, 1.82) is 0 Å². The van der Waals surface area contributed by atoms with Crippen molar-refractivity contribution >= 4 is 50.7 Å². The molecule has 1 N–H and O–H groups in total. The second kappa shape index (κ2) is 11.2. The Kier molecular flexibility index (Phi) is 9.17. The molecule has 0 aliphatic rings. The number of aryl methyl sites for hydroxylation is 1. The van der Waals surface area contributed by atoms with Gasteiger partial charge >= 0.3 is 0 Å². The molecule has 0 unspecified atom stereocenters. The third-order valence-electron chi connectivity index (χ3n) is 4.96. The smallest absolute Gasteiger partial charge is 0.244 e. The molecule has 0 fully saturated rings. The van der Waals surface area contributed by atoms with E-state index in [4.69, 9.17) is 23.2 Å². The van der Waals surface area contributed by atoms with E-state index in [1.807, 2.05) is 13.8 Å². The highest BCUT2D eigenvalue weighted by Crippen LogP contribution is 2.27. The van der Waals surface area contributed by atoms with Gasteiger partial charge in [-0.15, -0.1) is 0 Å². The van der Waals surface area contributed by atoms with Crippen LogP contribution in [0.15, 0.2) is 42.5 Å². The van der Waals surface area contributed by atoms with Gasteiger partial charge in [0.1, 0.15) is 12.6 Å². The van der Waals surface area contributed by atoms with Crippen LogP contribution in [-0.2, 0) is 26.2 Å². The molecule has 7 nitrogen and oxygen atoms in total. The first-order valence-electron chi connectivity index (χ1n) is 10.4. The first-order chi connectivity index (χ1) is 15.3. The Hall–Kier alpha value is -2.29. The lowest BCUT2D eigenvalue weighted by atomic mass is 10.1. The standard InChI is InChI=1S/C23H29Cl2N3O4S/c1-15(2)26-23(30)17(4)27(13-18-7-6-8-19(24)11-18)22(29)14-28(33(5,31)32)21-12-20(25)10-9-16(21)3/h6-12,15,17H,13-14H2,1-5H3,(H,26,30)/t17-/m1/s1. The summed E-state index contributed by atoms with van der Waals surface area (Å²) in [7, 11) is -3.82. The van der Waals surface area contributed by atoms with Crippen molar-refractivity contribution in [3.63, 3.8) is 0 Å². The van der Waals surface area contributed by atoms with E-state index in [1.165, 1.54) is 11.0 Å². The monoisotopic (exact) mass is 513 g/mol. The molecule has 0 heterocycles. The summed E-state index contributed by atoms with van der Waals surface area (Å²) in [5.74, 6) is -0.878. The molecule has 2 rings (SSSR count). The van der Waals surface area contributed by atoms with Crippen LogP contribution >= 0.6 is 23.2 Å². The zero-order valence-corrected chi connectivity index (χ0v) is 21.6. The third-order valence-corrected chi connectivity index (χ3v) is 6.56. The number of anilines is 1. The number of hydrogen-bond donors (Lipinski definition) is 1. The summed E-state index contributed by atoms with van der Waals surface area (Å²) >= 11 is 12.2. The molecule has 2 amide bonds. The minimum atomic E-state index is -3.82. The number of benzene rings is 2. The van der Waals surface area contributed by atoms with Crippen molar-refractivity contribution in [3.8, 4) is 0 Å². The minimum absolute atomic E-state index is 0.0816. The largest absolute Gasteiger partial charge is 0.352 e. The number of carbonyl (C=O) groups is 2. The van der Waals surface area contributed by atoms with Gasteiger partial charge in [0.05, 0.1) is 11.9 Å². The molecule has 2 aromatic rings. The molecule has 0 saturated heterocycles. The lowest BCUT2D eigenvalue weighted by Gasteiger charge is -2.32. The summed E-state index contributed by atoms with van der Waals surface area (Å²) in [4.78, 5) is 27.5. The summed E-state index contributed by atoms with van der Waals surface area (Å²) in [5, 5.41) is 3.64. The van der Waals surface area contributed by atoms with Crippen LogP contribution in [0.3, 0.4) is 0 Å². The number of halogens is 2. The molecular formula is C23H29Cl2N3O4S. The van der Waals surface area contributed by atoms with Crippen molar-refractivity contribution < 1.29 is 18.0 Å². The van der Waals surface area contributed by atoms with E-state index in [1.54, 1.807) is 50.2 Å². The Morgan fingerprint density at radius 3 is 2.24 bits per heavy atom. The number of amides is 2. The molecule has 0 aliphatic carbocycles. The van der Waals surface area contributed by atoms with Crippen molar-refractivity contribution in [1.82, 2.24) is 10.2 Å². The van der Waals surface area contributed by atoms with Gasteiger partial charge in [-0.2, -0.15) is 0 Å². The highest BCUT2D eigenvalue weighted by molar-refractivity contribution is 7.92. The summed E-state index contributed by atoms with van der Waals surface area (Å²) in [6, 6.07) is 10.8. The predicted octanol–water partition coefficient (Wildman–Crippen LogP) is 4.01. The molecule has 0 radical (unpaired) electrons. The van der Waals surface area contributed by atoms with Crippen LogP contribution in [0.1, 0.15) is 31.9 Å². The Morgan fingerprint density at radius 1 is 1.03 bits per heavy atom. The zero-order valence-electron chi connectivity index (χ0n) is 19.3. The van der Waals surface area contributed by atoms with Crippen LogP contribution in [0.4, 0.5) is 5.69 Å². The predicted molar refractivity (Wildman–Crippen MR) is 133 cm³/mol. The van der Waals surface area contributed by atoms with Gasteiger partial charge in [0, 0.05) is 22.6 Å². The fraction of sp³-hybridized carbons (Fsp3) is 0.391. The Labute approximate surface area is 205 Å². The Balaban J connectivity index is 2.44. The van der Waals surface area contributed by atoms with Crippen LogP contribution in [-0.4, -0.2) is 50.0 Å². The topological polar surface area (TPSA) is 86.8 Å². The van der Waals surface area contributed by atoms with E-state index in [2.05, 4.69) is 5.32 Å². The average Bonchev–Trinajstić information content (AvgIpc) is 2.70. The number of nitrogens with zero attached hydrogens (tertiary/aromatic N) is 2. The lowest BCUT2D eigenvalue weighted by molar-refractivity contribution is -0.139. The van der Waals surface area contributed by atoms with Gasteiger partial charge in [-0.1, -0.05) is 41.4 Å². The molecule has 33 heavy (non-hydrogen) atoms. The molecular weight excluding hydrogens is 485 g/mol. The maximum absolute atomic E-state index is 13.5. The minimum Gasteiger partial charge on any atom is -0.352 e. The van der Waals surface area contributed by atoms with E-state index < -0.39 is 28.5 Å².